The number of nitrogens with two attached hydrogens (primary N) is 2. The number of benzene rings is 2. The number of nitrogens with zero attached hydrogens (tertiary/aromatic N) is 1. The van der Waals surface area contributed by atoms with Gasteiger partial charge in [-0.05, 0) is 55.5 Å². The standard InChI is InChI=1S/C10H15NO2.C9H17N3O.C9H10O/c1-11-7-8-4-5-9(12-2)10(6-8)13-3;10-9(11)12-8(13)6-7-4-2-1-3-5-7;10-8-4-7-9-5-2-1-3-6-9/h4-6,11H,7H2,1-3H3;7H,1-6H2,(H4,10,11,12,13);1-3,5-6,8H,4,7H2. The third-order valence-corrected chi connectivity index (χ3v) is 5.66. The minimum absolute atomic E-state index is 0.124. The number of amides is 1. The van der Waals surface area contributed by atoms with Gasteiger partial charge in [0.2, 0.25) is 5.91 Å². The lowest BCUT2D eigenvalue weighted by Crippen LogP contribution is -2.24. The number of carbonyl (C=O) groups is 2. The molecule has 0 bridgehead atoms. The molecule has 8 nitrogen and oxygen atoms in total. The number of guanidine groups is 1. The highest BCUT2D eigenvalue weighted by molar-refractivity contribution is 5.91. The second-order valence-electron chi connectivity index (χ2n) is 8.55. The summed E-state index contributed by atoms with van der Waals surface area (Å²) in [6.45, 7) is 0.834. The van der Waals surface area contributed by atoms with Crippen molar-refractivity contribution >= 4 is 18.2 Å². The first-order valence-corrected chi connectivity index (χ1v) is 12.4. The van der Waals surface area contributed by atoms with Crippen molar-refractivity contribution in [2.45, 2.75) is 57.9 Å². The van der Waals surface area contributed by atoms with Gasteiger partial charge in [0, 0.05) is 19.4 Å². The number of ether oxygens (including phenoxy) is 2. The van der Waals surface area contributed by atoms with Crippen molar-refractivity contribution < 1.29 is 19.1 Å². The molecule has 0 saturated heterocycles. The zero-order chi connectivity index (χ0) is 26.6. The summed E-state index contributed by atoms with van der Waals surface area (Å²) >= 11 is 0. The van der Waals surface area contributed by atoms with Crippen LogP contribution in [0.4, 0.5) is 0 Å². The Morgan fingerprint density at radius 2 is 1.67 bits per heavy atom. The molecule has 198 valence electrons. The summed E-state index contributed by atoms with van der Waals surface area (Å²) in [5.41, 5.74) is 12.6. The van der Waals surface area contributed by atoms with Gasteiger partial charge in [0.25, 0.3) is 0 Å². The number of methoxy groups -OCH3 is 2. The minimum Gasteiger partial charge on any atom is -0.493 e. The number of aldehydes is 1. The van der Waals surface area contributed by atoms with Crippen LogP contribution in [0, 0.1) is 5.92 Å². The van der Waals surface area contributed by atoms with E-state index in [-0.39, 0.29) is 11.9 Å². The van der Waals surface area contributed by atoms with Gasteiger partial charge >= 0.3 is 0 Å². The fourth-order valence-electron chi connectivity index (χ4n) is 3.89. The Hall–Kier alpha value is -3.39. The molecule has 0 unspecified atom stereocenters. The highest BCUT2D eigenvalue weighted by Gasteiger charge is 2.16. The monoisotopic (exact) mass is 498 g/mol. The molecule has 8 heteroatoms. The third-order valence-electron chi connectivity index (χ3n) is 5.66. The summed E-state index contributed by atoms with van der Waals surface area (Å²) in [7, 11) is 5.19. The SMILES string of the molecule is CNCc1ccc(OC)c(OC)c1.NC(N)=NC(=O)CC1CCCCC1.O=CCCc1ccccc1. The number of aryl methyl sites for hydroxylation is 1. The molecular formula is C28H42N4O4. The predicted octanol–water partition coefficient (Wildman–Crippen LogP) is 4.00. The minimum atomic E-state index is -0.174. The number of hydrogen-bond donors (Lipinski definition) is 3. The van der Waals surface area contributed by atoms with Crippen molar-refractivity contribution in [1.29, 1.82) is 0 Å². The molecule has 0 radical (unpaired) electrons. The van der Waals surface area contributed by atoms with Gasteiger partial charge in [-0.15, -0.1) is 0 Å². The van der Waals surface area contributed by atoms with Gasteiger partial charge in [0.15, 0.2) is 17.5 Å². The zero-order valence-corrected chi connectivity index (χ0v) is 21.9. The summed E-state index contributed by atoms with van der Waals surface area (Å²) in [6, 6.07) is 15.9. The van der Waals surface area contributed by atoms with Crippen molar-refractivity contribution in [1.82, 2.24) is 5.32 Å². The van der Waals surface area contributed by atoms with Crippen LogP contribution in [0.2, 0.25) is 0 Å². The molecule has 1 aliphatic carbocycles. The zero-order valence-electron chi connectivity index (χ0n) is 21.9. The lowest BCUT2D eigenvalue weighted by Gasteiger charge is -2.19. The molecular weight excluding hydrogens is 456 g/mol. The lowest BCUT2D eigenvalue weighted by atomic mass is 9.87. The summed E-state index contributed by atoms with van der Waals surface area (Å²) in [4.78, 5) is 24.7. The summed E-state index contributed by atoms with van der Waals surface area (Å²) < 4.78 is 10.3. The summed E-state index contributed by atoms with van der Waals surface area (Å²) in [5.74, 6) is 1.75. The van der Waals surface area contributed by atoms with E-state index in [2.05, 4.69) is 10.3 Å². The van der Waals surface area contributed by atoms with E-state index in [4.69, 9.17) is 20.9 Å². The maximum atomic E-state index is 11.2. The molecule has 0 heterocycles. The van der Waals surface area contributed by atoms with E-state index in [1.165, 1.54) is 30.4 Å². The van der Waals surface area contributed by atoms with E-state index in [1.54, 1.807) is 14.2 Å². The second-order valence-corrected chi connectivity index (χ2v) is 8.55. The van der Waals surface area contributed by atoms with Crippen LogP contribution in [0.1, 0.15) is 56.1 Å². The fourth-order valence-corrected chi connectivity index (χ4v) is 3.89. The fraction of sp³-hybridized carbons (Fsp3) is 0.464. The van der Waals surface area contributed by atoms with Crippen LogP contribution in [-0.2, 0) is 22.6 Å². The Bertz CT molecular complexity index is 909. The lowest BCUT2D eigenvalue weighted by molar-refractivity contribution is -0.118. The van der Waals surface area contributed by atoms with Gasteiger partial charge in [-0.2, -0.15) is 4.99 Å². The molecule has 0 aliphatic heterocycles. The molecule has 1 saturated carbocycles. The maximum Gasteiger partial charge on any atom is 0.249 e. The topological polar surface area (TPSA) is 129 Å². The number of carbonyl (C=O) groups excluding carboxylic acids is 2. The third kappa shape index (κ3) is 13.5. The molecule has 1 amide bonds. The molecule has 36 heavy (non-hydrogen) atoms. The summed E-state index contributed by atoms with van der Waals surface area (Å²) in [6.07, 6.45) is 9.02. The summed E-state index contributed by atoms with van der Waals surface area (Å²) in [5, 5.41) is 3.08. The van der Waals surface area contributed by atoms with E-state index in [0.717, 1.165) is 43.6 Å². The quantitative estimate of drug-likeness (QED) is 0.271. The normalized spacial score (nSPS) is 12.6. The van der Waals surface area contributed by atoms with E-state index >= 15 is 0 Å². The van der Waals surface area contributed by atoms with Crippen LogP contribution in [0.3, 0.4) is 0 Å². The Morgan fingerprint density at radius 1 is 1.00 bits per heavy atom. The average Bonchev–Trinajstić information content (AvgIpc) is 2.89. The van der Waals surface area contributed by atoms with Gasteiger partial charge in [-0.1, -0.05) is 55.7 Å². The number of nitrogens with one attached hydrogen (secondary N) is 1. The van der Waals surface area contributed by atoms with Crippen LogP contribution >= 0.6 is 0 Å². The molecule has 1 fully saturated rings. The van der Waals surface area contributed by atoms with E-state index < -0.39 is 0 Å². The van der Waals surface area contributed by atoms with Crippen LogP contribution in [0.15, 0.2) is 53.5 Å². The molecule has 2 aromatic rings. The Morgan fingerprint density at radius 3 is 2.22 bits per heavy atom. The van der Waals surface area contributed by atoms with Crippen LogP contribution < -0.4 is 26.3 Å². The Balaban J connectivity index is 0.000000273. The van der Waals surface area contributed by atoms with Crippen LogP contribution in [0.25, 0.3) is 0 Å². The Labute approximate surface area is 215 Å². The first kappa shape index (κ1) is 30.6. The maximum absolute atomic E-state index is 11.2. The van der Waals surface area contributed by atoms with Crippen molar-refractivity contribution in [3.8, 4) is 11.5 Å². The number of hydrogen-bond acceptors (Lipinski definition) is 5. The highest BCUT2D eigenvalue weighted by Crippen LogP contribution is 2.27. The van der Waals surface area contributed by atoms with Crippen LogP contribution in [-0.4, -0.2) is 39.4 Å². The smallest absolute Gasteiger partial charge is 0.249 e. The molecule has 0 atom stereocenters. The first-order chi connectivity index (χ1) is 17.4. The average molecular weight is 499 g/mol. The molecule has 1 aliphatic rings. The number of aliphatic imine (C=N–C) groups is 1. The van der Waals surface area contributed by atoms with Gasteiger partial charge in [0.05, 0.1) is 14.2 Å². The van der Waals surface area contributed by atoms with Crippen molar-refractivity contribution in [2.75, 3.05) is 21.3 Å². The van der Waals surface area contributed by atoms with E-state index in [1.807, 2.05) is 55.6 Å². The highest BCUT2D eigenvalue weighted by atomic mass is 16.5. The number of rotatable bonds is 9. The van der Waals surface area contributed by atoms with E-state index in [0.29, 0.717) is 18.8 Å². The van der Waals surface area contributed by atoms with E-state index in [9.17, 15) is 9.59 Å². The van der Waals surface area contributed by atoms with Gasteiger partial charge in [-0.3, -0.25) is 4.79 Å². The van der Waals surface area contributed by atoms with Crippen molar-refractivity contribution in [3.05, 3.63) is 59.7 Å². The van der Waals surface area contributed by atoms with Gasteiger partial charge in [0.1, 0.15) is 6.29 Å². The van der Waals surface area contributed by atoms with Crippen molar-refractivity contribution in [2.24, 2.45) is 22.4 Å². The van der Waals surface area contributed by atoms with Crippen LogP contribution in [0.5, 0.6) is 11.5 Å². The molecule has 5 N–H and O–H groups in total. The Kier molecular flexibility index (Phi) is 16.1. The molecule has 3 rings (SSSR count). The van der Waals surface area contributed by atoms with Gasteiger partial charge < -0.3 is 31.1 Å². The predicted molar refractivity (Wildman–Crippen MR) is 145 cm³/mol. The van der Waals surface area contributed by atoms with Gasteiger partial charge in [-0.25, -0.2) is 0 Å². The molecule has 2 aromatic carbocycles. The largest absolute Gasteiger partial charge is 0.493 e. The molecule has 0 aromatic heterocycles. The first-order valence-electron chi connectivity index (χ1n) is 12.4. The van der Waals surface area contributed by atoms with Crippen molar-refractivity contribution in [3.63, 3.8) is 0 Å². The molecule has 0 spiro atoms. The second kappa shape index (κ2) is 18.9.